The molecular formula is C12H17BrN2OS. The molecule has 3 nitrogen and oxygen atoms in total. The van der Waals surface area contributed by atoms with Crippen molar-refractivity contribution in [3.05, 3.63) is 28.7 Å². The molecule has 1 rings (SSSR count). The van der Waals surface area contributed by atoms with E-state index in [9.17, 15) is 4.79 Å². The van der Waals surface area contributed by atoms with Crippen molar-refractivity contribution in [1.29, 1.82) is 0 Å². The highest BCUT2D eigenvalue weighted by Crippen LogP contribution is 2.13. The first-order chi connectivity index (χ1) is 8.22. The highest BCUT2D eigenvalue weighted by Gasteiger charge is 2.01. The lowest BCUT2D eigenvalue weighted by atomic mass is 10.3. The molecule has 0 aliphatic carbocycles. The number of nitrogens with one attached hydrogen (secondary N) is 2. The lowest BCUT2D eigenvalue weighted by molar-refractivity contribution is -0.115. The van der Waals surface area contributed by atoms with Crippen molar-refractivity contribution >= 4 is 39.3 Å². The van der Waals surface area contributed by atoms with Crippen LogP contribution >= 0.6 is 27.7 Å². The molecule has 1 amide bonds. The number of hydrogen-bond acceptors (Lipinski definition) is 3. The summed E-state index contributed by atoms with van der Waals surface area (Å²) in [4.78, 5) is 11.5. The van der Waals surface area contributed by atoms with Gasteiger partial charge in [-0.1, -0.05) is 15.9 Å². The predicted molar refractivity (Wildman–Crippen MR) is 78.6 cm³/mol. The summed E-state index contributed by atoms with van der Waals surface area (Å²) in [7, 11) is 0. The van der Waals surface area contributed by atoms with Crippen LogP contribution in [0.15, 0.2) is 28.7 Å². The van der Waals surface area contributed by atoms with Crippen LogP contribution in [0.2, 0.25) is 0 Å². The summed E-state index contributed by atoms with van der Waals surface area (Å²) in [5, 5.41) is 5.95. The van der Waals surface area contributed by atoms with Crippen LogP contribution in [-0.2, 0) is 4.79 Å². The summed E-state index contributed by atoms with van der Waals surface area (Å²) in [6, 6.07) is 7.55. The fourth-order valence-electron chi connectivity index (χ4n) is 1.28. The molecule has 0 atom stereocenters. The third-order valence-corrected chi connectivity index (χ3v) is 3.34. The molecule has 0 aromatic heterocycles. The summed E-state index contributed by atoms with van der Waals surface area (Å²) in [6.07, 6.45) is 3.17. The van der Waals surface area contributed by atoms with Crippen LogP contribution in [-0.4, -0.2) is 31.0 Å². The van der Waals surface area contributed by atoms with Gasteiger partial charge in [-0.05, 0) is 49.2 Å². The molecule has 0 aliphatic heterocycles. The van der Waals surface area contributed by atoms with Crippen LogP contribution in [0.1, 0.15) is 6.42 Å². The van der Waals surface area contributed by atoms with E-state index in [-0.39, 0.29) is 5.91 Å². The maximum Gasteiger partial charge on any atom is 0.238 e. The van der Waals surface area contributed by atoms with Gasteiger partial charge in [-0.3, -0.25) is 4.79 Å². The highest BCUT2D eigenvalue weighted by molar-refractivity contribution is 9.10. The molecule has 0 aliphatic rings. The highest BCUT2D eigenvalue weighted by atomic mass is 79.9. The van der Waals surface area contributed by atoms with E-state index in [0.29, 0.717) is 6.54 Å². The van der Waals surface area contributed by atoms with Crippen molar-refractivity contribution in [3.8, 4) is 0 Å². The number of benzene rings is 1. The summed E-state index contributed by atoms with van der Waals surface area (Å²) in [5.41, 5.74) is 0.823. The number of amides is 1. The Kier molecular flexibility index (Phi) is 7.32. The zero-order valence-electron chi connectivity index (χ0n) is 9.83. The number of halogens is 1. The van der Waals surface area contributed by atoms with Gasteiger partial charge in [-0.2, -0.15) is 11.8 Å². The second kappa shape index (κ2) is 8.55. The van der Waals surface area contributed by atoms with Gasteiger partial charge in [-0.15, -0.1) is 0 Å². The topological polar surface area (TPSA) is 41.1 Å². The van der Waals surface area contributed by atoms with E-state index < -0.39 is 0 Å². The fourth-order valence-corrected chi connectivity index (χ4v) is 1.98. The van der Waals surface area contributed by atoms with Crippen molar-refractivity contribution in [1.82, 2.24) is 5.32 Å². The molecule has 17 heavy (non-hydrogen) atoms. The summed E-state index contributed by atoms with van der Waals surface area (Å²) in [6.45, 7) is 1.25. The predicted octanol–water partition coefficient (Wildman–Crippen LogP) is 2.73. The molecule has 1 aromatic carbocycles. The van der Waals surface area contributed by atoms with E-state index in [1.165, 1.54) is 0 Å². The standard InChI is InChI=1S/C12H17BrN2OS/c1-17-8-2-7-14-9-12(16)15-11-5-3-10(13)4-6-11/h3-6,14H,2,7-9H2,1H3,(H,15,16). The first-order valence-electron chi connectivity index (χ1n) is 5.47. The maximum absolute atomic E-state index is 11.5. The Hall–Kier alpha value is -0.520. The smallest absolute Gasteiger partial charge is 0.238 e. The largest absolute Gasteiger partial charge is 0.325 e. The van der Waals surface area contributed by atoms with Gasteiger partial charge in [0.05, 0.1) is 6.54 Å². The molecule has 0 radical (unpaired) electrons. The number of hydrogen-bond donors (Lipinski definition) is 2. The van der Waals surface area contributed by atoms with E-state index in [4.69, 9.17) is 0 Å². The molecule has 0 spiro atoms. The molecule has 0 saturated heterocycles. The average molecular weight is 317 g/mol. The fraction of sp³-hybridized carbons (Fsp3) is 0.417. The Labute approximate surface area is 115 Å². The van der Waals surface area contributed by atoms with Gasteiger partial charge < -0.3 is 10.6 Å². The number of anilines is 1. The zero-order valence-corrected chi connectivity index (χ0v) is 12.2. The minimum Gasteiger partial charge on any atom is -0.325 e. The van der Waals surface area contributed by atoms with Crippen LogP contribution in [0.25, 0.3) is 0 Å². The molecule has 1 aromatic rings. The number of thioether (sulfide) groups is 1. The normalized spacial score (nSPS) is 10.2. The monoisotopic (exact) mass is 316 g/mol. The summed E-state index contributed by atoms with van der Waals surface area (Å²) in [5.74, 6) is 1.12. The first kappa shape index (κ1) is 14.5. The summed E-state index contributed by atoms with van der Waals surface area (Å²) >= 11 is 5.17. The first-order valence-corrected chi connectivity index (χ1v) is 7.66. The van der Waals surface area contributed by atoms with Gasteiger partial charge in [0.1, 0.15) is 0 Å². The Balaban J connectivity index is 2.18. The van der Waals surface area contributed by atoms with Crippen molar-refractivity contribution < 1.29 is 4.79 Å². The zero-order chi connectivity index (χ0) is 12.5. The van der Waals surface area contributed by atoms with Crippen LogP contribution < -0.4 is 10.6 Å². The molecule has 0 unspecified atom stereocenters. The second-order valence-corrected chi connectivity index (χ2v) is 5.48. The van der Waals surface area contributed by atoms with Crippen molar-refractivity contribution in [3.63, 3.8) is 0 Å². The minimum absolute atomic E-state index is 0.00326. The van der Waals surface area contributed by atoms with Crippen molar-refractivity contribution in [2.24, 2.45) is 0 Å². The van der Waals surface area contributed by atoms with E-state index in [1.54, 1.807) is 0 Å². The van der Waals surface area contributed by atoms with Gasteiger partial charge >= 0.3 is 0 Å². The number of rotatable bonds is 7. The Morgan fingerprint density at radius 2 is 2.06 bits per heavy atom. The van der Waals surface area contributed by atoms with Gasteiger partial charge in [0.2, 0.25) is 5.91 Å². The molecule has 94 valence electrons. The van der Waals surface area contributed by atoms with Gasteiger partial charge in [-0.25, -0.2) is 0 Å². The third-order valence-electron chi connectivity index (χ3n) is 2.12. The Morgan fingerprint density at radius 1 is 1.35 bits per heavy atom. The molecule has 0 heterocycles. The van der Waals surface area contributed by atoms with Gasteiger partial charge in [0.15, 0.2) is 0 Å². The second-order valence-electron chi connectivity index (χ2n) is 3.58. The van der Waals surface area contributed by atoms with Gasteiger partial charge in [0, 0.05) is 10.2 Å². The van der Waals surface area contributed by atoms with E-state index in [0.717, 1.165) is 28.9 Å². The Bertz CT molecular complexity index is 343. The third kappa shape index (κ3) is 6.71. The molecule has 0 saturated carbocycles. The molecule has 0 bridgehead atoms. The number of carbonyl (C=O) groups excluding carboxylic acids is 1. The quantitative estimate of drug-likeness (QED) is 0.760. The van der Waals surface area contributed by atoms with Crippen molar-refractivity contribution in [2.75, 3.05) is 30.4 Å². The summed E-state index contributed by atoms with van der Waals surface area (Å²) < 4.78 is 1.01. The average Bonchev–Trinajstić information content (AvgIpc) is 2.32. The molecular weight excluding hydrogens is 300 g/mol. The van der Waals surface area contributed by atoms with Crippen LogP contribution in [0.5, 0.6) is 0 Å². The minimum atomic E-state index is -0.00326. The van der Waals surface area contributed by atoms with E-state index in [1.807, 2.05) is 36.0 Å². The molecule has 0 fully saturated rings. The maximum atomic E-state index is 11.5. The van der Waals surface area contributed by atoms with Crippen LogP contribution in [0.4, 0.5) is 5.69 Å². The van der Waals surface area contributed by atoms with Gasteiger partial charge in [0.25, 0.3) is 0 Å². The van der Waals surface area contributed by atoms with Crippen LogP contribution in [0, 0.1) is 0 Å². The lowest BCUT2D eigenvalue weighted by Crippen LogP contribution is -2.28. The van der Waals surface area contributed by atoms with Crippen molar-refractivity contribution in [2.45, 2.75) is 6.42 Å². The number of carbonyl (C=O) groups is 1. The van der Waals surface area contributed by atoms with E-state index in [2.05, 4.69) is 32.8 Å². The molecule has 2 N–H and O–H groups in total. The lowest BCUT2D eigenvalue weighted by Gasteiger charge is -2.06. The van der Waals surface area contributed by atoms with Crippen LogP contribution in [0.3, 0.4) is 0 Å². The molecule has 5 heteroatoms. The Morgan fingerprint density at radius 3 is 2.71 bits per heavy atom. The SMILES string of the molecule is CSCCCNCC(=O)Nc1ccc(Br)cc1. The van der Waals surface area contributed by atoms with E-state index >= 15 is 0 Å².